The Morgan fingerprint density at radius 1 is 1.50 bits per heavy atom. The third kappa shape index (κ3) is 4.01. The zero-order chi connectivity index (χ0) is 13.8. The van der Waals surface area contributed by atoms with E-state index in [2.05, 4.69) is 0 Å². The van der Waals surface area contributed by atoms with Crippen LogP contribution in [0.5, 0.6) is 0 Å². The smallest absolute Gasteiger partial charge is 0.323 e. The van der Waals surface area contributed by atoms with E-state index in [1.165, 1.54) is 30.8 Å². The number of carbonyl (C=O) groups is 1. The van der Waals surface area contributed by atoms with Gasteiger partial charge in [-0.25, -0.2) is 0 Å². The van der Waals surface area contributed by atoms with Gasteiger partial charge in [0.05, 0.1) is 4.92 Å². The number of hydrogen-bond donors (Lipinski definition) is 2. The van der Waals surface area contributed by atoms with Gasteiger partial charge in [-0.15, -0.1) is 11.8 Å². The number of carboxylic acid groups (broad SMARTS) is 1. The van der Waals surface area contributed by atoms with Crippen LogP contribution in [-0.2, 0) is 4.79 Å². The number of rotatable bonds is 6. The average Bonchev–Trinajstić information content (AvgIpc) is 2.29. The second kappa shape index (κ2) is 5.83. The summed E-state index contributed by atoms with van der Waals surface area (Å²) in [6.45, 7) is 1.46. The topological polar surface area (TPSA) is 106 Å². The molecule has 0 spiro atoms. The Morgan fingerprint density at radius 2 is 2.06 bits per heavy atom. The van der Waals surface area contributed by atoms with Crippen LogP contribution in [0.3, 0.4) is 0 Å². The molecule has 0 saturated carbocycles. The molecule has 0 aromatic heterocycles. The molecule has 1 aromatic rings. The first kappa shape index (κ1) is 14.5. The molecule has 18 heavy (non-hydrogen) atoms. The van der Waals surface area contributed by atoms with Crippen molar-refractivity contribution >= 4 is 23.4 Å². The number of carboxylic acids is 1. The lowest BCUT2D eigenvalue weighted by atomic mass is 10.0. The van der Waals surface area contributed by atoms with Gasteiger partial charge >= 0.3 is 5.97 Å². The van der Waals surface area contributed by atoms with Crippen molar-refractivity contribution in [1.82, 2.24) is 0 Å². The molecule has 0 bridgehead atoms. The van der Waals surface area contributed by atoms with Crippen molar-refractivity contribution in [3.8, 4) is 0 Å². The zero-order valence-corrected chi connectivity index (χ0v) is 10.6. The molecule has 0 radical (unpaired) electrons. The molecule has 0 heterocycles. The number of nitrogens with zero attached hydrogens (tertiary/aromatic N) is 1. The number of nitrogens with two attached hydrogens (primary N) is 1. The van der Waals surface area contributed by atoms with Crippen LogP contribution in [0.15, 0.2) is 29.2 Å². The Kier molecular flexibility index (Phi) is 4.69. The first-order chi connectivity index (χ1) is 8.33. The number of nitro groups is 1. The summed E-state index contributed by atoms with van der Waals surface area (Å²) < 4.78 is 0. The van der Waals surface area contributed by atoms with Gasteiger partial charge in [-0.05, 0) is 25.5 Å². The van der Waals surface area contributed by atoms with Crippen LogP contribution in [-0.4, -0.2) is 27.3 Å². The SMILES string of the molecule is CC(N)(CCSc1ccc([N+](=O)[O-])cc1)C(=O)O. The largest absolute Gasteiger partial charge is 0.480 e. The molecule has 1 aromatic carbocycles. The van der Waals surface area contributed by atoms with Crippen LogP contribution in [0, 0.1) is 10.1 Å². The second-order valence-corrected chi connectivity index (χ2v) is 5.24. The van der Waals surface area contributed by atoms with E-state index in [1.54, 1.807) is 12.1 Å². The summed E-state index contributed by atoms with van der Waals surface area (Å²) in [6.07, 6.45) is 0.323. The highest BCUT2D eigenvalue weighted by Crippen LogP contribution is 2.23. The van der Waals surface area contributed by atoms with Crippen LogP contribution in [0.2, 0.25) is 0 Å². The highest BCUT2D eigenvalue weighted by Gasteiger charge is 2.27. The van der Waals surface area contributed by atoms with Crippen molar-refractivity contribution in [2.24, 2.45) is 5.73 Å². The number of nitro benzene ring substituents is 1. The normalized spacial score (nSPS) is 13.9. The van der Waals surface area contributed by atoms with E-state index < -0.39 is 16.4 Å². The Bertz CT molecular complexity index is 445. The van der Waals surface area contributed by atoms with Crippen LogP contribution >= 0.6 is 11.8 Å². The Hall–Kier alpha value is -1.60. The van der Waals surface area contributed by atoms with E-state index in [4.69, 9.17) is 10.8 Å². The first-order valence-corrected chi connectivity index (χ1v) is 6.21. The molecule has 3 N–H and O–H groups in total. The van der Waals surface area contributed by atoms with Crippen LogP contribution in [0.4, 0.5) is 5.69 Å². The Balaban J connectivity index is 2.50. The summed E-state index contributed by atoms with van der Waals surface area (Å²) >= 11 is 1.42. The lowest BCUT2D eigenvalue weighted by molar-refractivity contribution is -0.384. The Morgan fingerprint density at radius 3 is 2.50 bits per heavy atom. The molecule has 7 heteroatoms. The van der Waals surface area contributed by atoms with Crippen molar-refractivity contribution in [2.45, 2.75) is 23.8 Å². The predicted molar refractivity (Wildman–Crippen MR) is 68.7 cm³/mol. The maximum Gasteiger partial charge on any atom is 0.323 e. The number of aliphatic carboxylic acids is 1. The van der Waals surface area contributed by atoms with Crippen LogP contribution in [0.1, 0.15) is 13.3 Å². The molecule has 0 aliphatic rings. The minimum Gasteiger partial charge on any atom is -0.480 e. The van der Waals surface area contributed by atoms with E-state index >= 15 is 0 Å². The summed E-state index contributed by atoms with van der Waals surface area (Å²) in [5.74, 6) is -0.497. The van der Waals surface area contributed by atoms with E-state index in [9.17, 15) is 14.9 Å². The average molecular weight is 270 g/mol. The van der Waals surface area contributed by atoms with Crippen molar-refractivity contribution in [3.63, 3.8) is 0 Å². The number of non-ortho nitro benzene ring substituents is 1. The molecule has 0 fully saturated rings. The number of thioether (sulfide) groups is 1. The molecule has 1 atom stereocenters. The van der Waals surface area contributed by atoms with Gasteiger partial charge in [-0.2, -0.15) is 0 Å². The minimum absolute atomic E-state index is 0.0357. The van der Waals surface area contributed by atoms with Gasteiger partial charge in [0.2, 0.25) is 0 Å². The van der Waals surface area contributed by atoms with E-state index in [-0.39, 0.29) is 5.69 Å². The van der Waals surface area contributed by atoms with E-state index in [1.807, 2.05) is 0 Å². The van der Waals surface area contributed by atoms with Gasteiger partial charge in [0.15, 0.2) is 0 Å². The fourth-order valence-electron chi connectivity index (χ4n) is 1.15. The van der Waals surface area contributed by atoms with Gasteiger partial charge in [-0.1, -0.05) is 0 Å². The molecular formula is C11H14N2O4S. The van der Waals surface area contributed by atoms with Crippen molar-refractivity contribution < 1.29 is 14.8 Å². The maximum atomic E-state index is 10.8. The van der Waals surface area contributed by atoms with Gasteiger partial charge in [0.1, 0.15) is 5.54 Å². The van der Waals surface area contributed by atoms with Gasteiger partial charge < -0.3 is 10.8 Å². The van der Waals surface area contributed by atoms with Gasteiger partial charge in [-0.3, -0.25) is 14.9 Å². The summed E-state index contributed by atoms with van der Waals surface area (Å²) in [5.41, 5.74) is 4.38. The second-order valence-electron chi connectivity index (χ2n) is 4.07. The monoisotopic (exact) mass is 270 g/mol. The Labute approximate surface area is 108 Å². The lowest BCUT2D eigenvalue weighted by Crippen LogP contribution is -2.45. The molecule has 0 aliphatic heterocycles. The number of benzene rings is 1. The third-order valence-corrected chi connectivity index (χ3v) is 3.44. The van der Waals surface area contributed by atoms with Crippen molar-refractivity contribution in [2.75, 3.05) is 5.75 Å². The summed E-state index contributed by atoms with van der Waals surface area (Å²) in [6, 6.07) is 6.11. The fourth-order valence-corrected chi connectivity index (χ4v) is 2.24. The maximum absolute atomic E-state index is 10.8. The van der Waals surface area contributed by atoms with Crippen LogP contribution < -0.4 is 5.73 Å². The third-order valence-electron chi connectivity index (χ3n) is 2.43. The molecule has 6 nitrogen and oxygen atoms in total. The standard InChI is InChI=1S/C11H14N2O4S/c1-11(12,10(14)15)6-7-18-9-4-2-8(3-5-9)13(16)17/h2-5H,6-7,12H2,1H3,(H,14,15). The van der Waals surface area contributed by atoms with Crippen molar-refractivity contribution in [1.29, 1.82) is 0 Å². The molecule has 1 rings (SSSR count). The highest BCUT2D eigenvalue weighted by molar-refractivity contribution is 7.99. The summed E-state index contributed by atoms with van der Waals surface area (Å²) in [5, 5.41) is 19.3. The molecule has 1 unspecified atom stereocenters. The van der Waals surface area contributed by atoms with Crippen LogP contribution in [0.25, 0.3) is 0 Å². The quantitative estimate of drug-likeness (QED) is 0.464. The molecule has 0 amide bonds. The molecular weight excluding hydrogens is 256 g/mol. The lowest BCUT2D eigenvalue weighted by Gasteiger charge is -2.18. The number of hydrogen-bond acceptors (Lipinski definition) is 5. The highest BCUT2D eigenvalue weighted by atomic mass is 32.2. The van der Waals surface area contributed by atoms with E-state index in [0.717, 1.165) is 4.90 Å². The zero-order valence-electron chi connectivity index (χ0n) is 9.83. The summed E-state index contributed by atoms with van der Waals surface area (Å²) in [4.78, 5) is 21.6. The predicted octanol–water partition coefficient (Wildman–Crippen LogP) is 1.88. The molecule has 98 valence electrons. The van der Waals surface area contributed by atoms with Gasteiger partial charge in [0, 0.05) is 22.8 Å². The minimum atomic E-state index is -1.24. The van der Waals surface area contributed by atoms with E-state index in [0.29, 0.717) is 12.2 Å². The van der Waals surface area contributed by atoms with Crippen molar-refractivity contribution in [3.05, 3.63) is 34.4 Å². The van der Waals surface area contributed by atoms with Gasteiger partial charge in [0.25, 0.3) is 5.69 Å². The molecule has 0 aliphatic carbocycles. The fraction of sp³-hybridized carbons (Fsp3) is 0.364. The first-order valence-electron chi connectivity index (χ1n) is 5.22. The molecule has 0 saturated heterocycles. The summed E-state index contributed by atoms with van der Waals surface area (Å²) in [7, 11) is 0.